The molecule has 0 atom stereocenters. The number of nitrogens with one attached hydrogen (secondary N) is 1. The van der Waals surface area contributed by atoms with Crippen LogP contribution in [0.2, 0.25) is 0 Å². The molecule has 0 aromatic carbocycles. The number of carbonyl (C=O) groups excluding carboxylic acids is 1. The van der Waals surface area contributed by atoms with Crippen molar-refractivity contribution in [1.82, 2.24) is 5.32 Å². The number of hydrogen-bond acceptors (Lipinski definition) is 3. The molecule has 0 aromatic rings. The second kappa shape index (κ2) is 6.09. The molecule has 1 aliphatic rings. The first-order valence-electron chi connectivity index (χ1n) is 6.15. The monoisotopic (exact) mass is 229 g/mol. The van der Waals surface area contributed by atoms with Gasteiger partial charge in [0.25, 0.3) is 0 Å². The van der Waals surface area contributed by atoms with E-state index in [4.69, 9.17) is 4.74 Å². The Kier molecular flexibility index (Phi) is 5.06. The van der Waals surface area contributed by atoms with Crippen LogP contribution in [-0.2, 0) is 4.74 Å². The van der Waals surface area contributed by atoms with Gasteiger partial charge in [-0.15, -0.1) is 0 Å². The molecule has 2 N–H and O–H groups in total. The van der Waals surface area contributed by atoms with Crippen molar-refractivity contribution in [1.29, 1.82) is 0 Å². The van der Waals surface area contributed by atoms with Crippen molar-refractivity contribution in [3.63, 3.8) is 0 Å². The molecule has 1 saturated carbocycles. The number of aliphatic hydroxyl groups is 1. The standard InChI is InChI=1S/C12H23NO3/c1-10(2)8-16-11(14)13-9-12(15)6-4-3-5-7-12/h10,15H,3-9H2,1-2H3,(H,13,14). The van der Waals surface area contributed by atoms with E-state index < -0.39 is 11.7 Å². The maximum absolute atomic E-state index is 11.3. The Morgan fingerprint density at radius 3 is 2.56 bits per heavy atom. The minimum absolute atomic E-state index is 0.309. The van der Waals surface area contributed by atoms with Gasteiger partial charge in [-0.25, -0.2) is 4.79 Å². The number of carbonyl (C=O) groups is 1. The molecule has 16 heavy (non-hydrogen) atoms. The van der Waals surface area contributed by atoms with Crippen molar-refractivity contribution in [2.45, 2.75) is 51.6 Å². The van der Waals surface area contributed by atoms with Crippen LogP contribution in [0.15, 0.2) is 0 Å². The van der Waals surface area contributed by atoms with Gasteiger partial charge in [0.05, 0.1) is 12.2 Å². The summed E-state index contributed by atoms with van der Waals surface area (Å²) >= 11 is 0. The summed E-state index contributed by atoms with van der Waals surface area (Å²) in [6.45, 7) is 4.71. The fourth-order valence-corrected chi connectivity index (χ4v) is 1.92. The normalized spacial score (nSPS) is 19.5. The van der Waals surface area contributed by atoms with Crippen LogP contribution in [0.3, 0.4) is 0 Å². The number of amides is 1. The second-order valence-electron chi connectivity index (χ2n) is 5.13. The summed E-state index contributed by atoms with van der Waals surface area (Å²) in [5.41, 5.74) is -0.713. The summed E-state index contributed by atoms with van der Waals surface area (Å²) < 4.78 is 4.98. The van der Waals surface area contributed by atoms with E-state index in [1.54, 1.807) is 0 Å². The van der Waals surface area contributed by atoms with E-state index in [2.05, 4.69) is 5.32 Å². The van der Waals surface area contributed by atoms with Crippen molar-refractivity contribution in [2.75, 3.05) is 13.2 Å². The molecule has 0 bridgehead atoms. The van der Waals surface area contributed by atoms with Crippen LogP contribution in [0.1, 0.15) is 46.0 Å². The van der Waals surface area contributed by atoms with Gasteiger partial charge in [-0.05, 0) is 18.8 Å². The number of alkyl carbamates (subject to hydrolysis) is 1. The smallest absolute Gasteiger partial charge is 0.407 e. The molecular formula is C12H23NO3. The molecule has 0 saturated heterocycles. The third kappa shape index (κ3) is 4.84. The van der Waals surface area contributed by atoms with Crippen LogP contribution >= 0.6 is 0 Å². The zero-order chi connectivity index (χ0) is 12.0. The summed E-state index contributed by atoms with van der Waals surface area (Å²) in [7, 11) is 0. The molecule has 4 nitrogen and oxygen atoms in total. The molecule has 0 aromatic heterocycles. The number of rotatable bonds is 4. The summed E-state index contributed by atoms with van der Waals surface area (Å²) in [4.78, 5) is 11.3. The predicted molar refractivity (Wildman–Crippen MR) is 62.2 cm³/mol. The lowest BCUT2D eigenvalue weighted by atomic mass is 9.85. The first-order chi connectivity index (χ1) is 7.52. The average Bonchev–Trinajstić information content (AvgIpc) is 2.25. The molecule has 1 aliphatic carbocycles. The van der Waals surface area contributed by atoms with Crippen LogP contribution < -0.4 is 5.32 Å². The van der Waals surface area contributed by atoms with E-state index in [9.17, 15) is 9.90 Å². The molecule has 0 spiro atoms. The predicted octanol–water partition coefficient (Wildman–Crippen LogP) is 2.06. The maximum atomic E-state index is 11.3. The van der Waals surface area contributed by atoms with E-state index in [1.165, 1.54) is 6.42 Å². The van der Waals surface area contributed by atoms with Gasteiger partial charge in [0, 0.05) is 6.54 Å². The van der Waals surface area contributed by atoms with Gasteiger partial charge in [-0.3, -0.25) is 0 Å². The van der Waals surface area contributed by atoms with E-state index in [1.807, 2.05) is 13.8 Å². The van der Waals surface area contributed by atoms with Crippen molar-refractivity contribution in [3.8, 4) is 0 Å². The third-order valence-electron chi connectivity index (χ3n) is 2.89. The van der Waals surface area contributed by atoms with Crippen molar-refractivity contribution < 1.29 is 14.6 Å². The minimum Gasteiger partial charge on any atom is -0.449 e. The fraction of sp³-hybridized carbons (Fsp3) is 0.917. The Balaban J connectivity index is 2.19. The molecule has 0 heterocycles. The zero-order valence-corrected chi connectivity index (χ0v) is 10.3. The van der Waals surface area contributed by atoms with E-state index in [0.29, 0.717) is 19.1 Å². The molecular weight excluding hydrogens is 206 g/mol. The lowest BCUT2D eigenvalue weighted by Gasteiger charge is -2.31. The van der Waals surface area contributed by atoms with Crippen molar-refractivity contribution in [2.24, 2.45) is 5.92 Å². The Morgan fingerprint density at radius 2 is 2.00 bits per heavy atom. The van der Waals surface area contributed by atoms with E-state index >= 15 is 0 Å². The van der Waals surface area contributed by atoms with E-state index in [-0.39, 0.29) is 0 Å². The highest BCUT2D eigenvalue weighted by Crippen LogP contribution is 2.27. The Bertz CT molecular complexity index is 222. The Labute approximate surface area is 97.4 Å². The molecule has 0 radical (unpaired) electrons. The first kappa shape index (κ1) is 13.3. The summed E-state index contributed by atoms with van der Waals surface area (Å²) in [5, 5.41) is 12.8. The quantitative estimate of drug-likeness (QED) is 0.775. The first-order valence-corrected chi connectivity index (χ1v) is 6.15. The molecule has 1 rings (SSSR count). The van der Waals surface area contributed by atoms with E-state index in [0.717, 1.165) is 25.7 Å². The van der Waals surface area contributed by atoms with Gasteiger partial charge in [0.2, 0.25) is 0 Å². The summed E-state index contributed by atoms with van der Waals surface area (Å²) in [6.07, 6.45) is 4.39. The van der Waals surface area contributed by atoms with Gasteiger partial charge in [-0.1, -0.05) is 33.1 Å². The van der Waals surface area contributed by atoms with Crippen LogP contribution in [-0.4, -0.2) is 30.0 Å². The van der Waals surface area contributed by atoms with Crippen LogP contribution in [0, 0.1) is 5.92 Å². The third-order valence-corrected chi connectivity index (χ3v) is 2.89. The topological polar surface area (TPSA) is 58.6 Å². The molecule has 94 valence electrons. The van der Waals surface area contributed by atoms with Crippen LogP contribution in [0.25, 0.3) is 0 Å². The lowest BCUT2D eigenvalue weighted by Crippen LogP contribution is -2.44. The SMILES string of the molecule is CC(C)COC(=O)NCC1(O)CCCCC1. The average molecular weight is 229 g/mol. The fourth-order valence-electron chi connectivity index (χ4n) is 1.92. The second-order valence-corrected chi connectivity index (χ2v) is 5.13. The lowest BCUT2D eigenvalue weighted by molar-refractivity contribution is 0.00409. The van der Waals surface area contributed by atoms with Gasteiger partial charge >= 0.3 is 6.09 Å². The Hall–Kier alpha value is -0.770. The summed E-state index contributed by atoms with van der Waals surface area (Å²) in [6, 6.07) is 0. The molecule has 4 heteroatoms. The molecule has 1 fully saturated rings. The highest BCUT2D eigenvalue weighted by Gasteiger charge is 2.29. The number of hydrogen-bond donors (Lipinski definition) is 2. The molecule has 0 unspecified atom stereocenters. The largest absolute Gasteiger partial charge is 0.449 e. The maximum Gasteiger partial charge on any atom is 0.407 e. The van der Waals surface area contributed by atoms with Crippen LogP contribution in [0.5, 0.6) is 0 Å². The highest BCUT2D eigenvalue weighted by molar-refractivity contribution is 5.67. The van der Waals surface area contributed by atoms with Crippen molar-refractivity contribution >= 4 is 6.09 Å². The van der Waals surface area contributed by atoms with Gasteiger partial charge < -0.3 is 15.2 Å². The Morgan fingerprint density at radius 1 is 1.38 bits per heavy atom. The van der Waals surface area contributed by atoms with Gasteiger partial charge in [0.15, 0.2) is 0 Å². The minimum atomic E-state index is -0.713. The number of ether oxygens (including phenoxy) is 1. The highest BCUT2D eigenvalue weighted by atomic mass is 16.5. The van der Waals surface area contributed by atoms with Gasteiger partial charge in [0.1, 0.15) is 0 Å². The van der Waals surface area contributed by atoms with Crippen molar-refractivity contribution in [3.05, 3.63) is 0 Å². The summed E-state index contributed by atoms with van der Waals surface area (Å²) in [5.74, 6) is 0.337. The van der Waals surface area contributed by atoms with Crippen LogP contribution in [0.4, 0.5) is 4.79 Å². The molecule has 0 aliphatic heterocycles. The van der Waals surface area contributed by atoms with Gasteiger partial charge in [-0.2, -0.15) is 0 Å². The molecule has 1 amide bonds. The zero-order valence-electron chi connectivity index (χ0n) is 10.3.